The predicted octanol–water partition coefficient (Wildman–Crippen LogP) is 2.79. The number of pyridine rings is 1. The van der Waals surface area contributed by atoms with Gasteiger partial charge in [0.15, 0.2) is 0 Å². The molecule has 0 spiro atoms. The van der Waals surface area contributed by atoms with Crippen molar-refractivity contribution in [3.05, 3.63) is 78.4 Å². The molecule has 13 heteroatoms. The number of rotatable bonds is 6. The SMILES string of the molecule is Cl.O=C(NO)[C@H]1CN(C(=O)C=Cc2cccnc2)CCN1S(=O)(=O)c1ccc(-c2ccc(F)cc2)s1. The molecule has 3 aromatic rings. The first-order valence-corrected chi connectivity index (χ1v) is 12.7. The molecule has 1 saturated heterocycles. The maximum absolute atomic E-state index is 13.4. The van der Waals surface area contributed by atoms with E-state index in [9.17, 15) is 27.6 Å². The fourth-order valence-electron chi connectivity index (χ4n) is 3.63. The second-order valence-corrected chi connectivity index (χ2v) is 10.8. The van der Waals surface area contributed by atoms with Gasteiger partial charge in [0.2, 0.25) is 5.91 Å². The summed E-state index contributed by atoms with van der Waals surface area (Å²) in [5.41, 5.74) is 2.86. The summed E-state index contributed by atoms with van der Waals surface area (Å²) in [6, 6.07) is 10.8. The number of halogens is 2. The standard InChI is InChI=1S/C23H21FN4O5S2.ClH/c24-18-6-4-17(5-7-18)20-8-10-22(34-20)35(32,33)28-13-12-27(15-19(28)23(30)26-31)21(29)9-3-16-2-1-11-25-14-16;/h1-11,14,19,31H,12-13,15H2,(H,26,30);1H/t19-;/m1./s1. The van der Waals surface area contributed by atoms with Crippen LogP contribution >= 0.6 is 23.7 Å². The van der Waals surface area contributed by atoms with E-state index in [0.717, 1.165) is 15.6 Å². The van der Waals surface area contributed by atoms with E-state index < -0.39 is 33.7 Å². The van der Waals surface area contributed by atoms with Gasteiger partial charge in [0.1, 0.15) is 16.1 Å². The lowest BCUT2D eigenvalue weighted by Crippen LogP contribution is -2.60. The average Bonchev–Trinajstić information content (AvgIpc) is 3.39. The number of hydrogen-bond acceptors (Lipinski definition) is 7. The lowest BCUT2D eigenvalue weighted by atomic mass is 10.2. The molecule has 4 rings (SSSR count). The number of amides is 2. The summed E-state index contributed by atoms with van der Waals surface area (Å²) in [5, 5.41) is 9.22. The Morgan fingerprint density at radius 2 is 1.89 bits per heavy atom. The highest BCUT2D eigenvalue weighted by Crippen LogP contribution is 2.33. The van der Waals surface area contributed by atoms with Crippen molar-refractivity contribution in [1.29, 1.82) is 0 Å². The molecule has 9 nitrogen and oxygen atoms in total. The molecule has 1 aliphatic heterocycles. The Kier molecular flexibility index (Phi) is 8.93. The van der Waals surface area contributed by atoms with E-state index >= 15 is 0 Å². The van der Waals surface area contributed by atoms with Gasteiger partial charge < -0.3 is 4.90 Å². The topological polar surface area (TPSA) is 120 Å². The molecule has 36 heavy (non-hydrogen) atoms. The Bertz CT molecular complexity index is 1350. The first-order chi connectivity index (χ1) is 16.8. The quantitative estimate of drug-likeness (QED) is 0.276. The molecule has 0 unspecified atom stereocenters. The van der Waals surface area contributed by atoms with Crippen LogP contribution in [0.3, 0.4) is 0 Å². The first kappa shape index (κ1) is 27.4. The van der Waals surface area contributed by atoms with Crippen molar-refractivity contribution in [2.24, 2.45) is 0 Å². The smallest absolute Gasteiger partial charge is 0.263 e. The molecule has 3 heterocycles. The molecule has 2 N–H and O–H groups in total. The van der Waals surface area contributed by atoms with E-state index in [2.05, 4.69) is 4.98 Å². The molecule has 1 atom stereocenters. The monoisotopic (exact) mass is 552 g/mol. The zero-order valence-electron chi connectivity index (χ0n) is 18.7. The number of benzene rings is 1. The lowest BCUT2D eigenvalue weighted by molar-refractivity contribution is -0.137. The first-order valence-electron chi connectivity index (χ1n) is 10.5. The number of nitrogens with zero attached hydrogens (tertiary/aromatic N) is 3. The van der Waals surface area contributed by atoms with Crippen LogP contribution < -0.4 is 5.48 Å². The van der Waals surface area contributed by atoms with Crippen molar-refractivity contribution in [2.45, 2.75) is 10.3 Å². The van der Waals surface area contributed by atoms with Crippen LogP contribution in [0.1, 0.15) is 5.56 Å². The van der Waals surface area contributed by atoms with Crippen LogP contribution in [-0.2, 0) is 19.6 Å². The fraction of sp³-hybridized carbons (Fsp3) is 0.174. The van der Waals surface area contributed by atoms with Crippen LogP contribution in [-0.4, -0.2) is 65.3 Å². The Hall–Kier alpha value is -3.16. The molecule has 0 aliphatic carbocycles. The van der Waals surface area contributed by atoms with Crippen LogP contribution in [0.25, 0.3) is 16.5 Å². The molecule has 0 saturated carbocycles. The fourth-order valence-corrected chi connectivity index (χ4v) is 6.64. The number of carbonyl (C=O) groups is 2. The predicted molar refractivity (Wildman–Crippen MR) is 134 cm³/mol. The number of thiophene rings is 1. The summed E-state index contributed by atoms with van der Waals surface area (Å²) >= 11 is 0.983. The van der Waals surface area contributed by atoms with Crippen LogP contribution in [0.15, 0.2) is 71.2 Å². The minimum Gasteiger partial charge on any atom is -0.336 e. The van der Waals surface area contributed by atoms with Gasteiger partial charge >= 0.3 is 0 Å². The number of hydrogen-bond donors (Lipinski definition) is 2. The van der Waals surface area contributed by atoms with Crippen LogP contribution in [0, 0.1) is 5.82 Å². The van der Waals surface area contributed by atoms with Gasteiger partial charge in [-0.2, -0.15) is 4.31 Å². The molecule has 1 aliphatic rings. The van der Waals surface area contributed by atoms with E-state index in [0.29, 0.717) is 16.0 Å². The van der Waals surface area contributed by atoms with Crippen molar-refractivity contribution in [2.75, 3.05) is 19.6 Å². The number of nitrogens with one attached hydrogen (secondary N) is 1. The van der Waals surface area contributed by atoms with Gasteiger partial charge in [-0.25, -0.2) is 18.3 Å². The zero-order chi connectivity index (χ0) is 25.0. The number of hydroxylamine groups is 1. The largest absolute Gasteiger partial charge is 0.336 e. The summed E-state index contributed by atoms with van der Waals surface area (Å²) < 4.78 is 41.0. The van der Waals surface area contributed by atoms with Crippen LogP contribution in [0.5, 0.6) is 0 Å². The minimum atomic E-state index is -4.12. The highest BCUT2D eigenvalue weighted by atomic mass is 35.5. The van der Waals surface area contributed by atoms with Gasteiger partial charge in [0.05, 0.1) is 0 Å². The highest BCUT2D eigenvalue weighted by molar-refractivity contribution is 7.91. The molecular weight excluding hydrogens is 531 g/mol. The van der Waals surface area contributed by atoms with E-state index in [1.54, 1.807) is 48.8 Å². The Balaban J connectivity index is 0.00000361. The van der Waals surface area contributed by atoms with Gasteiger partial charge in [0.25, 0.3) is 15.9 Å². The normalized spacial score (nSPS) is 16.5. The molecule has 2 aromatic heterocycles. The van der Waals surface area contributed by atoms with Gasteiger partial charge in [-0.1, -0.05) is 18.2 Å². The lowest BCUT2D eigenvalue weighted by Gasteiger charge is -2.38. The van der Waals surface area contributed by atoms with E-state index in [1.165, 1.54) is 34.7 Å². The Morgan fingerprint density at radius 1 is 1.14 bits per heavy atom. The van der Waals surface area contributed by atoms with Crippen molar-refractivity contribution >= 4 is 51.7 Å². The van der Waals surface area contributed by atoms with Gasteiger partial charge in [-0.15, -0.1) is 23.7 Å². The average molecular weight is 553 g/mol. The van der Waals surface area contributed by atoms with E-state index in [-0.39, 0.29) is 36.3 Å². The maximum atomic E-state index is 13.4. The van der Waals surface area contributed by atoms with E-state index in [1.807, 2.05) is 0 Å². The van der Waals surface area contributed by atoms with Crippen molar-refractivity contribution < 1.29 is 27.6 Å². The third kappa shape index (κ3) is 5.97. The van der Waals surface area contributed by atoms with Gasteiger partial charge in [0, 0.05) is 43.0 Å². The Morgan fingerprint density at radius 3 is 2.56 bits per heavy atom. The number of aromatic nitrogens is 1. The summed E-state index contributed by atoms with van der Waals surface area (Å²) in [7, 11) is -4.12. The third-order valence-corrected chi connectivity index (χ3v) is 8.94. The molecule has 2 amide bonds. The van der Waals surface area contributed by atoms with Gasteiger partial charge in [-0.05, 0) is 47.5 Å². The summed E-state index contributed by atoms with van der Waals surface area (Å²) in [4.78, 5) is 31.0. The summed E-state index contributed by atoms with van der Waals surface area (Å²) in [6.45, 7) is -0.324. The second-order valence-electron chi connectivity index (χ2n) is 7.64. The van der Waals surface area contributed by atoms with Crippen molar-refractivity contribution in [3.63, 3.8) is 0 Å². The molecule has 0 bridgehead atoms. The Labute approximate surface area is 217 Å². The van der Waals surface area contributed by atoms with Crippen molar-refractivity contribution in [3.8, 4) is 10.4 Å². The zero-order valence-corrected chi connectivity index (χ0v) is 21.1. The maximum Gasteiger partial charge on any atom is 0.263 e. The number of carbonyl (C=O) groups excluding carboxylic acids is 2. The third-order valence-electron chi connectivity index (χ3n) is 5.43. The minimum absolute atomic E-state index is 0. The highest BCUT2D eigenvalue weighted by Gasteiger charge is 2.41. The molecular formula is C23H22ClFN4O5S2. The second kappa shape index (κ2) is 11.7. The molecule has 1 aromatic carbocycles. The van der Waals surface area contributed by atoms with E-state index in [4.69, 9.17) is 0 Å². The number of piperazine rings is 1. The summed E-state index contributed by atoms with van der Waals surface area (Å²) in [6.07, 6.45) is 6.08. The van der Waals surface area contributed by atoms with Crippen LogP contribution in [0.4, 0.5) is 4.39 Å². The number of sulfonamides is 1. The summed E-state index contributed by atoms with van der Waals surface area (Å²) in [5.74, 6) is -1.76. The molecule has 190 valence electrons. The van der Waals surface area contributed by atoms with Crippen molar-refractivity contribution in [1.82, 2.24) is 19.7 Å². The van der Waals surface area contributed by atoms with Gasteiger partial charge in [-0.3, -0.25) is 19.8 Å². The molecule has 1 fully saturated rings. The molecule has 0 radical (unpaired) electrons. The van der Waals surface area contributed by atoms with Crippen LogP contribution in [0.2, 0.25) is 0 Å².